The standard InChI is InChI=1S/C24H26ClN3O3/c1-17(13-14-19-9-5-3-6-10-19)26-21(29)16-31-24(30)22-18(2)27-28(23(22)25)15-20-11-7-4-8-12-20/h3-12,17H,13-16H2,1-2H3,(H,26,29)/t17-/m0/s1. The predicted octanol–water partition coefficient (Wildman–Crippen LogP) is 4.19. The van der Waals surface area contributed by atoms with E-state index >= 15 is 0 Å². The van der Waals surface area contributed by atoms with Crippen molar-refractivity contribution in [2.75, 3.05) is 6.61 Å². The van der Waals surface area contributed by atoms with E-state index in [1.807, 2.05) is 55.5 Å². The van der Waals surface area contributed by atoms with Gasteiger partial charge in [-0.1, -0.05) is 72.3 Å². The van der Waals surface area contributed by atoms with Crippen molar-refractivity contribution in [2.24, 2.45) is 0 Å². The van der Waals surface area contributed by atoms with Gasteiger partial charge in [-0.15, -0.1) is 0 Å². The van der Waals surface area contributed by atoms with E-state index in [9.17, 15) is 9.59 Å². The van der Waals surface area contributed by atoms with Crippen LogP contribution in [-0.2, 0) is 22.5 Å². The summed E-state index contributed by atoms with van der Waals surface area (Å²) in [7, 11) is 0. The third-order valence-corrected chi connectivity index (χ3v) is 5.28. The van der Waals surface area contributed by atoms with Crippen molar-refractivity contribution >= 4 is 23.5 Å². The average Bonchev–Trinajstić information content (AvgIpc) is 3.05. The summed E-state index contributed by atoms with van der Waals surface area (Å²) in [5.41, 5.74) is 2.87. The maximum Gasteiger partial charge on any atom is 0.343 e. The van der Waals surface area contributed by atoms with Gasteiger partial charge in [0.25, 0.3) is 5.91 Å². The van der Waals surface area contributed by atoms with Gasteiger partial charge in [0, 0.05) is 6.04 Å². The Bertz CT molecular complexity index is 1020. The molecule has 0 radical (unpaired) electrons. The number of benzene rings is 2. The third-order valence-electron chi connectivity index (χ3n) is 4.90. The number of aryl methyl sites for hydroxylation is 2. The number of nitrogens with zero attached hydrogens (tertiary/aromatic N) is 2. The molecular weight excluding hydrogens is 414 g/mol. The van der Waals surface area contributed by atoms with Crippen LogP contribution in [-0.4, -0.2) is 34.3 Å². The molecule has 3 aromatic rings. The lowest BCUT2D eigenvalue weighted by molar-refractivity contribution is -0.124. The molecule has 0 fully saturated rings. The molecule has 7 heteroatoms. The number of aromatic nitrogens is 2. The SMILES string of the molecule is Cc1nn(Cc2ccccc2)c(Cl)c1C(=O)OCC(=O)N[C@@H](C)CCc1ccccc1. The van der Waals surface area contributed by atoms with E-state index < -0.39 is 5.97 Å². The summed E-state index contributed by atoms with van der Waals surface area (Å²) in [5.74, 6) is -1.01. The van der Waals surface area contributed by atoms with Crippen molar-refractivity contribution in [1.82, 2.24) is 15.1 Å². The van der Waals surface area contributed by atoms with Gasteiger partial charge in [-0.25, -0.2) is 9.48 Å². The van der Waals surface area contributed by atoms with Crippen LogP contribution in [0.25, 0.3) is 0 Å². The van der Waals surface area contributed by atoms with Gasteiger partial charge in [0.15, 0.2) is 6.61 Å². The van der Waals surface area contributed by atoms with Crippen molar-refractivity contribution in [3.63, 3.8) is 0 Å². The van der Waals surface area contributed by atoms with Crippen molar-refractivity contribution < 1.29 is 14.3 Å². The second-order valence-corrected chi connectivity index (χ2v) is 7.82. The first-order valence-electron chi connectivity index (χ1n) is 10.2. The van der Waals surface area contributed by atoms with Gasteiger partial charge in [0.05, 0.1) is 12.2 Å². The number of amides is 1. The zero-order chi connectivity index (χ0) is 22.2. The summed E-state index contributed by atoms with van der Waals surface area (Å²) in [6.45, 7) is 3.69. The number of hydrogen-bond donors (Lipinski definition) is 1. The summed E-state index contributed by atoms with van der Waals surface area (Å²) >= 11 is 6.37. The molecule has 0 unspecified atom stereocenters. The molecule has 0 bridgehead atoms. The van der Waals surface area contributed by atoms with Crippen molar-refractivity contribution in [3.8, 4) is 0 Å². The van der Waals surface area contributed by atoms with Gasteiger partial charge in [-0.2, -0.15) is 5.10 Å². The van der Waals surface area contributed by atoms with Crippen LogP contribution in [0.2, 0.25) is 5.15 Å². The zero-order valence-corrected chi connectivity index (χ0v) is 18.4. The number of rotatable bonds is 9. The van der Waals surface area contributed by atoms with Crippen LogP contribution in [0, 0.1) is 6.92 Å². The first kappa shape index (κ1) is 22.6. The number of carbonyl (C=O) groups excluding carboxylic acids is 2. The quantitative estimate of drug-likeness (QED) is 0.507. The smallest absolute Gasteiger partial charge is 0.343 e. The fourth-order valence-electron chi connectivity index (χ4n) is 3.27. The van der Waals surface area contributed by atoms with Crippen LogP contribution >= 0.6 is 11.6 Å². The highest BCUT2D eigenvalue weighted by atomic mass is 35.5. The summed E-state index contributed by atoms with van der Waals surface area (Å²) in [6.07, 6.45) is 1.65. The molecule has 2 aromatic carbocycles. The molecule has 0 aliphatic carbocycles. The van der Waals surface area contributed by atoms with Gasteiger partial charge in [0.1, 0.15) is 10.7 Å². The first-order chi connectivity index (χ1) is 14.9. The Morgan fingerprint density at radius 2 is 1.68 bits per heavy atom. The summed E-state index contributed by atoms with van der Waals surface area (Å²) in [4.78, 5) is 24.7. The summed E-state index contributed by atoms with van der Waals surface area (Å²) in [6, 6.07) is 19.7. The van der Waals surface area contributed by atoms with Gasteiger partial charge in [-0.3, -0.25) is 4.79 Å². The number of halogens is 1. The van der Waals surface area contributed by atoms with E-state index in [2.05, 4.69) is 22.5 Å². The molecule has 1 heterocycles. The second-order valence-electron chi connectivity index (χ2n) is 7.46. The molecule has 0 spiro atoms. The molecule has 3 rings (SSSR count). The van der Waals surface area contributed by atoms with Gasteiger partial charge in [0.2, 0.25) is 0 Å². The Balaban J connectivity index is 1.50. The fraction of sp³-hybridized carbons (Fsp3) is 0.292. The minimum Gasteiger partial charge on any atom is -0.452 e. The number of nitrogens with one attached hydrogen (secondary N) is 1. The van der Waals surface area contributed by atoms with Crippen molar-refractivity contribution in [1.29, 1.82) is 0 Å². The Kier molecular flexibility index (Phi) is 7.84. The molecule has 31 heavy (non-hydrogen) atoms. The van der Waals surface area contributed by atoms with Gasteiger partial charge >= 0.3 is 5.97 Å². The van der Waals surface area contributed by atoms with Crippen LogP contribution in [0.4, 0.5) is 0 Å². The predicted molar refractivity (Wildman–Crippen MR) is 120 cm³/mol. The van der Waals surface area contributed by atoms with E-state index in [1.54, 1.807) is 11.6 Å². The Labute approximate surface area is 187 Å². The Hall–Kier alpha value is -3.12. The molecule has 1 N–H and O–H groups in total. The molecule has 0 aliphatic rings. The maximum absolute atomic E-state index is 12.5. The molecule has 1 atom stereocenters. The highest BCUT2D eigenvalue weighted by molar-refractivity contribution is 6.32. The average molecular weight is 440 g/mol. The van der Waals surface area contributed by atoms with Crippen LogP contribution in [0.1, 0.15) is 40.5 Å². The molecule has 162 valence electrons. The molecular formula is C24H26ClN3O3. The third kappa shape index (κ3) is 6.43. The topological polar surface area (TPSA) is 73.2 Å². The normalized spacial score (nSPS) is 11.7. The summed E-state index contributed by atoms with van der Waals surface area (Å²) in [5, 5.41) is 7.39. The maximum atomic E-state index is 12.5. The molecule has 0 saturated carbocycles. The van der Waals surface area contributed by atoms with Gasteiger partial charge in [-0.05, 0) is 37.8 Å². The lowest BCUT2D eigenvalue weighted by Crippen LogP contribution is -2.36. The zero-order valence-electron chi connectivity index (χ0n) is 17.7. The number of hydrogen-bond acceptors (Lipinski definition) is 4. The fourth-order valence-corrected chi connectivity index (χ4v) is 3.58. The minimum absolute atomic E-state index is 0.0367. The second kappa shape index (κ2) is 10.8. The van der Waals surface area contributed by atoms with Crippen LogP contribution in [0.15, 0.2) is 60.7 Å². The number of carbonyl (C=O) groups is 2. The number of esters is 1. The van der Waals surface area contributed by atoms with Crippen molar-refractivity contribution in [2.45, 2.75) is 39.3 Å². The number of ether oxygens (including phenoxy) is 1. The highest BCUT2D eigenvalue weighted by Gasteiger charge is 2.22. The van der Waals surface area contributed by atoms with E-state index in [4.69, 9.17) is 16.3 Å². The van der Waals surface area contributed by atoms with E-state index in [0.29, 0.717) is 12.2 Å². The van der Waals surface area contributed by atoms with E-state index in [1.165, 1.54) is 5.56 Å². The van der Waals surface area contributed by atoms with Crippen LogP contribution < -0.4 is 5.32 Å². The van der Waals surface area contributed by atoms with Crippen molar-refractivity contribution in [3.05, 3.63) is 88.2 Å². The Morgan fingerprint density at radius 1 is 1.06 bits per heavy atom. The largest absolute Gasteiger partial charge is 0.452 e. The van der Waals surface area contributed by atoms with E-state index in [-0.39, 0.29) is 29.3 Å². The molecule has 1 aromatic heterocycles. The van der Waals surface area contributed by atoms with Crippen LogP contribution in [0.3, 0.4) is 0 Å². The molecule has 6 nitrogen and oxygen atoms in total. The van der Waals surface area contributed by atoms with Crippen LogP contribution in [0.5, 0.6) is 0 Å². The Morgan fingerprint density at radius 3 is 2.32 bits per heavy atom. The monoisotopic (exact) mass is 439 g/mol. The minimum atomic E-state index is -0.658. The lowest BCUT2D eigenvalue weighted by Gasteiger charge is -2.14. The molecule has 0 aliphatic heterocycles. The first-order valence-corrected chi connectivity index (χ1v) is 10.6. The lowest BCUT2D eigenvalue weighted by atomic mass is 10.1. The molecule has 1 amide bonds. The summed E-state index contributed by atoms with van der Waals surface area (Å²) < 4.78 is 6.74. The van der Waals surface area contributed by atoms with E-state index in [0.717, 1.165) is 18.4 Å². The van der Waals surface area contributed by atoms with Gasteiger partial charge < -0.3 is 10.1 Å². The highest BCUT2D eigenvalue weighted by Crippen LogP contribution is 2.22. The molecule has 0 saturated heterocycles.